The summed E-state index contributed by atoms with van der Waals surface area (Å²) in [6.45, 7) is 1.54. The highest BCUT2D eigenvalue weighted by Crippen LogP contribution is 2.26. The second kappa shape index (κ2) is 5.80. The molecule has 0 saturated heterocycles. The summed E-state index contributed by atoms with van der Waals surface area (Å²) < 4.78 is 0. The first-order valence-electron chi connectivity index (χ1n) is 5.43. The fourth-order valence-corrected chi connectivity index (χ4v) is 1.48. The Balaban J connectivity index is 3.14. The number of nitrogens with two attached hydrogens (primary N) is 1. The highest BCUT2D eigenvalue weighted by atomic mass is 16.6. The topological polar surface area (TPSA) is 127 Å². The van der Waals surface area contributed by atoms with Gasteiger partial charge in [0.1, 0.15) is 11.7 Å². The molecule has 4 N–H and O–H groups in total. The molecule has 8 nitrogen and oxygen atoms in total. The van der Waals surface area contributed by atoms with E-state index in [4.69, 9.17) is 5.73 Å². The number of carbonyl (C=O) groups excluding carboxylic acids is 2. The van der Waals surface area contributed by atoms with Crippen LogP contribution in [0.25, 0.3) is 0 Å². The minimum Gasteiger partial charge on any atom is -0.368 e. The SMILES string of the molecule is CNC(=O)C(C)Nc1cc(C(N)=O)ccc1[N+](=O)[O-]. The average Bonchev–Trinajstić information content (AvgIpc) is 2.37. The summed E-state index contributed by atoms with van der Waals surface area (Å²) >= 11 is 0. The van der Waals surface area contributed by atoms with Crippen molar-refractivity contribution >= 4 is 23.2 Å². The maximum Gasteiger partial charge on any atom is 0.292 e. The molecular formula is C11H14N4O4. The van der Waals surface area contributed by atoms with E-state index in [-0.39, 0.29) is 22.8 Å². The van der Waals surface area contributed by atoms with Gasteiger partial charge in [-0.05, 0) is 19.1 Å². The standard InChI is InChI=1S/C11H14N4O4/c1-6(11(17)13-2)14-8-5-7(10(12)16)3-4-9(8)15(18)19/h3-6,14H,1-2H3,(H2,12,16)(H,13,17). The minimum absolute atomic E-state index is 0.0670. The summed E-state index contributed by atoms with van der Waals surface area (Å²) in [6.07, 6.45) is 0. The zero-order chi connectivity index (χ0) is 14.6. The molecular weight excluding hydrogens is 252 g/mol. The molecule has 8 heteroatoms. The fourth-order valence-electron chi connectivity index (χ4n) is 1.48. The summed E-state index contributed by atoms with van der Waals surface area (Å²) in [5, 5.41) is 16.0. The number of benzene rings is 1. The Morgan fingerprint density at radius 3 is 2.53 bits per heavy atom. The number of likely N-dealkylation sites (N-methyl/N-ethyl adjacent to an activating group) is 1. The third kappa shape index (κ3) is 3.41. The molecule has 1 unspecified atom stereocenters. The van der Waals surface area contributed by atoms with Crippen molar-refractivity contribution in [3.63, 3.8) is 0 Å². The number of hydrogen-bond donors (Lipinski definition) is 3. The number of nitro groups is 1. The monoisotopic (exact) mass is 266 g/mol. The lowest BCUT2D eigenvalue weighted by molar-refractivity contribution is -0.384. The van der Waals surface area contributed by atoms with Crippen molar-refractivity contribution in [2.45, 2.75) is 13.0 Å². The van der Waals surface area contributed by atoms with Crippen LogP contribution >= 0.6 is 0 Å². The van der Waals surface area contributed by atoms with Crippen LogP contribution in [-0.2, 0) is 4.79 Å². The van der Waals surface area contributed by atoms with E-state index in [0.29, 0.717) is 0 Å². The van der Waals surface area contributed by atoms with Crippen LogP contribution in [0.5, 0.6) is 0 Å². The van der Waals surface area contributed by atoms with Crippen molar-refractivity contribution < 1.29 is 14.5 Å². The molecule has 1 atom stereocenters. The number of hydrogen-bond acceptors (Lipinski definition) is 5. The van der Waals surface area contributed by atoms with E-state index in [0.717, 1.165) is 0 Å². The number of primary amides is 1. The molecule has 1 rings (SSSR count). The number of nitrogens with zero attached hydrogens (tertiary/aromatic N) is 1. The molecule has 0 aliphatic carbocycles. The van der Waals surface area contributed by atoms with Crippen molar-refractivity contribution in [1.82, 2.24) is 5.32 Å². The summed E-state index contributed by atoms with van der Waals surface area (Å²) in [5.41, 5.74) is 5.06. The summed E-state index contributed by atoms with van der Waals surface area (Å²) in [4.78, 5) is 32.7. The molecule has 1 aromatic rings. The summed E-state index contributed by atoms with van der Waals surface area (Å²) in [7, 11) is 1.45. The zero-order valence-electron chi connectivity index (χ0n) is 10.5. The lowest BCUT2D eigenvalue weighted by atomic mass is 10.1. The van der Waals surface area contributed by atoms with E-state index in [9.17, 15) is 19.7 Å². The molecule has 102 valence electrons. The maximum atomic E-state index is 11.4. The number of rotatable bonds is 5. The van der Waals surface area contributed by atoms with Gasteiger partial charge in [0.25, 0.3) is 5.69 Å². The predicted molar refractivity (Wildman–Crippen MR) is 68.8 cm³/mol. The fraction of sp³-hybridized carbons (Fsp3) is 0.273. The van der Waals surface area contributed by atoms with Crippen LogP contribution < -0.4 is 16.4 Å². The Hall–Kier alpha value is -2.64. The largest absolute Gasteiger partial charge is 0.368 e. The van der Waals surface area contributed by atoms with Crippen molar-refractivity contribution in [1.29, 1.82) is 0 Å². The van der Waals surface area contributed by atoms with Gasteiger partial charge in [0.2, 0.25) is 11.8 Å². The molecule has 0 spiro atoms. The van der Waals surface area contributed by atoms with Gasteiger partial charge in [0.15, 0.2) is 0 Å². The van der Waals surface area contributed by atoms with E-state index in [1.165, 1.54) is 25.2 Å². The average molecular weight is 266 g/mol. The van der Waals surface area contributed by atoms with Gasteiger partial charge in [0, 0.05) is 18.7 Å². The molecule has 2 amide bonds. The Bertz CT molecular complexity index is 529. The van der Waals surface area contributed by atoms with E-state index >= 15 is 0 Å². The number of nitrogens with one attached hydrogen (secondary N) is 2. The van der Waals surface area contributed by atoms with Crippen molar-refractivity contribution in [3.05, 3.63) is 33.9 Å². The van der Waals surface area contributed by atoms with Gasteiger partial charge in [-0.15, -0.1) is 0 Å². The summed E-state index contributed by atoms with van der Waals surface area (Å²) in [6, 6.07) is 2.99. The first-order chi connectivity index (χ1) is 8.86. The molecule has 1 aromatic carbocycles. The molecule has 19 heavy (non-hydrogen) atoms. The quantitative estimate of drug-likeness (QED) is 0.519. The van der Waals surface area contributed by atoms with Crippen LogP contribution in [-0.4, -0.2) is 29.8 Å². The Labute approximate surface area is 109 Å². The first-order valence-corrected chi connectivity index (χ1v) is 5.43. The van der Waals surface area contributed by atoms with E-state index in [1.54, 1.807) is 6.92 Å². The Kier molecular flexibility index (Phi) is 4.41. The maximum absolute atomic E-state index is 11.4. The number of amides is 2. The van der Waals surface area contributed by atoms with Gasteiger partial charge < -0.3 is 16.4 Å². The van der Waals surface area contributed by atoms with Crippen LogP contribution in [0.4, 0.5) is 11.4 Å². The molecule has 0 fully saturated rings. The normalized spacial score (nSPS) is 11.5. The van der Waals surface area contributed by atoms with Crippen LogP contribution in [0.15, 0.2) is 18.2 Å². The Morgan fingerprint density at radius 2 is 2.05 bits per heavy atom. The number of carbonyl (C=O) groups is 2. The molecule has 0 heterocycles. The number of anilines is 1. The lowest BCUT2D eigenvalue weighted by Crippen LogP contribution is -2.35. The molecule has 0 aliphatic heterocycles. The van der Waals surface area contributed by atoms with E-state index < -0.39 is 16.9 Å². The zero-order valence-corrected chi connectivity index (χ0v) is 10.5. The molecule has 0 radical (unpaired) electrons. The van der Waals surface area contributed by atoms with Gasteiger partial charge >= 0.3 is 0 Å². The molecule has 0 aromatic heterocycles. The smallest absolute Gasteiger partial charge is 0.292 e. The van der Waals surface area contributed by atoms with Gasteiger partial charge in [0.05, 0.1) is 4.92 Å². The van der Waals surface area contributed by atoms with Gasteiger partial charge in [-0.1, -0.05) is 0 Å². The van der Waals surface area contributed by atoms with Gasteiger partial charge in [-0.25, -0.2) is 0 Å². The Morgan fingerprint density at radius 1 is 1.42 bits per heavy atom. The van der Waals surface area contributed by atoms with Crippen LogP contribution in [0, 0.1) is 10.1 Å². The first kappa shape index (κ1) is 14.4. The second-order valence-corrected chi connectivity index (χ2v) is 3.83. The lowest BCUT2D eigenvalue weighted by Gasteiger charge is -2.14. The minimum atomic E-state index is -0.703. The summed E-state index contributed by atoms with van der Waals surface area (Å²) in [5.74, 6) is -1.04. The predicted octanol–water partition coefficient (Wildman–Crippen LogP) is 0.240. The van der Waals surface area contributed by atoms with E-state index in [2.05, 4.69) is 10.6 Å². The van der Waals surface area contributed by atoms with Crippen LogP contribution in [0.2, 0.25) is 0 Å². The third-order valence-electron chi connectivity index (χ3n) is 2.49. The van der Waals surface area contributed by atoms with Gasteiger partial charge in [-0.2, -0.15) is 0 Å². The highest BCUT2D eigenvalue weighted by Gasteiger charge is 2.19. The second-order valence-electron chi connectivity index (χ2n) is 3.83. The van der Waals surface area contributed by atoms with Gasteiger partial charge in [-0.3, -0.25) is 19.7 Å². The molecule has 0 aliphatic rings. The van der Waals surface area contributed by atoms with Crippen molar-refractivity contribution in [2.24, 2.45) is 5.73 Å². The van der Waals surface area contributed by atoms with Crippen LogP contribution in [0.1, 0.15) is 17.3 Å². The third-order valence-corrected chi connectivity index (χ3v) is 2.49. The van der Waals surface area contributed by atoms with Crippen LogP contribution in [0.3, 0.4) is 0 Å². The molecule has 0 saturated carbocycles. The number of nitro benzene ring substituents is 1. The molecule has 0 bridgehead atoms. The van der Waals surface area contributed by atoms with Crippen molar-refractivity contribution in [2.75, 3.05) is 12.4 Å². The highest BCUT2D eigenvalue weighted by molar-refractivity contribution is 5.95. The van der Waals surface area contributed by atoms with E-state index in [1.807, 2.05) is 0 Å². The van der Waals surface area contributed by atoms with Crippen molar-refractivity contribution in [3.8, 4) is 0 Å².